The summed E-state index contributed by atoms with van der Waals surface area (Å²) in [6.07, 6.45) is 2.97. The molecule has 2 heterocycles. The standard InChI is InChI=1S/C20H22N2O2/c1-24-18-8-9-19-16(14-18)10-13-22(15-20(19)23)12-5-3-7-17-6-2-4-11-21-17/h2,4,6,8-9,11,14,20,23H,5,10,12-13,15H2,1H3. The van der Waals surface area contributed by atoms with Gasteiger partial charge in [0.1, 0.15) is 11.4 Å². The molecule has 1 unspecified atom stereocenters. The molecule has 0 saturated carbocycles. The summed E-state index contributed by atoms with van der Waals surface area (Å²) < 4.78 is 5.29. The fraction of sp³-hybridized carbons (Fsp3) is 0.350. The monoisotopic (exact) mass is 322 g/mol. The SMILES string of the molecule is COc1ccc2c(c1)CCN(CCC#Cc1ccccn1)CC2O. The van der Waals surface area contributed by atoms with Crippen LogP contribution in [0.25, 0.3) is 0 Å². The van der Waals surface area contributed by atoms with Crippen LogP contribution >= 0.6 is 0 Å². The van der Waals surface area contributed by atoms with Crippen LogP contribution < -0.4 is 4.74 Å². The number of rotatable bonds is 3. The van der Waals surface area contributed by atoms with Gasteiger partial charge in [0.15, 0.2) is 0 Å². The summed E-state index contributed by atoms with van der Waals surface area (Å²) in [7, 11) is 1.67. The summed E-state index contributed by atoms with van der Waals surface area (Å²) in [5.74, 6) is 7.09. The lowest BCUT2D eigenvalue weighted by Gasteiger charge is -2.20. The molecular weight excluding hydrogens is 300 g/mol. The number of hydrogen-bond donors (Lipinski definition) is 1. The van der Waals surface area contributed by atoms with Crippen molar-refractivity contribution >= 4 is 0 Å². The number of ether oxygens (including phenoxy) is 1. The molecule has 4 heteroatoms. The maximum Gasteiger partial charge on any atom is 0.119 e. The minimum Gasteiger partial charge on any atom is -0.497 e. The molecule has 3 rings (SSSR count). The second kappa shape index (κ2) is 7.96. The first-order valence-electron chi connectivity index (χ1n) is 8.23. The topological polar surface area (TPSA) is 45.6 Å². The average Bonchev–Trinajstić information content (AvgIpc) is 2.78. The van der Waals surface area contributed by atoms with Gasteiger partial charge in [-0.2, -0.15) is 0 Å². The van der Waals surface area contributed by atoms with Gasteiger partial charge in [-0.05, 0) is 47.7 Å². The maximum atomic E-state index is 10.5. The van der Waals surface area contributed by atoms with E-state index in [0.717, 1.165) is 42.9 Å². The summed E-state index contributed by atoms with van der Waals surface area (Å²) in [6.45, 7) is 2.41. The van der Waals surface area contributed by atoms with E-state index in [4.69, 9.17) is 4.74 Å². The number of aliphatic hydroxyl groups is 1. The number of fused-ring (bicyclic) bond motifs is 1. The van der Waals surface area contributed by atoms with Crippen LogP contribution in [0.3, 0.4) is 0 Å². The van der Waals surface area contributed by atoms with Crippen molar-refractivity contribution in [3.05, 3.63) is 59.4 Å². The fourth-order valence-electron chi connectivity index (χ4n) is 2.97. The Kier molecular flexibility index (Phi) is 5.47. The Labute approximate surface area is 143 Å². The summed E-state index contributed by atoms with van der Waals surface area (Å²) in [5, 5.41) is 10.5. The largest absolute Gasteiger partial charge is 0.497 e. The Morgan fingerprint density at radius 1 is 1.33 bits per heavy atom. The number of hydrogen-bond acceptors (Lipinski definition) is 4. The lowest BCUT2D eigenvalue weighted by Crippen LogP contribution is -2.29. The van der Waals surface area contributed by atoms with Crippen LogP contribution in [-0.4, -0.2) is 41.7 Å². The highest BCUT2D eigenvalue weighted by Gasteiger charge is 2.21. The maximum absolute atomic E-state index is 10.5. The second-order valence-electron chi connectivity index (χ2n) is 5.90. The molecule has 0 saturated heterocycles. The number of pyridine rings is 1. The van der Waals surface area contributed by atoms with Gasteiger partial charge < -0.3 is 9.84 Å². The number of benzene rings is 1. The Bertz CT molecular complexity index is 734. The van der Waals surface area contributed by atoms with Crippen LogP contribution in [-0.2, 0) is 6.42 Å². The predicted molar refractivity (Wildman–Crippen MR) is 93.8 cm³/mol. The van der Waals surface area contributed by atoms with Crippen molar-refractivity contribution in [3.63, 3.8) is 0 Å². The summed E-state index contributed by atoms with van der Waals surface area (Å²) in [4.78, 5) is 6.46. The van der Waals surface area contributed by atoms with Crippen molar-refractivity contribution in [1.29, 1.82) is 0 Å². The van der Waals surface area contributed by atoms with E-state index in [0.29, 0.717) is 6.54 Å². The third kappa shape index (κ3) is 4.14. The Balaban J connectivity index is 1.59. The van der Waals surface area contributed by atoms with Crippen molar-refractivity contribution in [2.75, 3.05) is 26.7 Å². The quantitative estimate of drug-likeness (QED) is 0.882. The van der Waals surface area contributed by atoms with E-state index in [-0.39, 0.29) is 0 Å². The number of nitrogens with zero attached hydrogens (tertiary/aromatic N) is 2. The lowest BCUT2D eigenvalue weighted by molar-refractivity contribution is 0.121. The molecule has 1 aliphatic heterocycles. The van der Waals surface area contributed by atoms with Gasteiger partial charge in [-0.3, -0.25) is 4.90 Å². The molecule has 0 radical (unpaired) electrons. The molecule has 2 aromatic rings. The number of aromatic nitrogens is 1. The van der Waals surface area contributed by atoms with Gasteiger partial charge in [0.25, 0.3) is 0 Å². The Morgan fingerprint density at radius 2 is 2.25 bits per heavy atom. The highest BCUT2D eigenvalue weighted by molar-refractivity contribution is 5.38. The van der Waals surface area contributed by atoms with E-state index in [9.17, 15) is 5.11 Å². The molecule has 0 spiro atoms. The number of aliphatic hydroxyl groups excluding tert-OH is 1. The van der Waals surface area contributed by atoms with E-state index < -0.39 is 6.10 Å². The summed E-state index contributed by atoms with van der Waals surface area (Å²) >= 11 is 0. The van der Waals surface area contributed by atoms with Gasteiger partial charge in [-0.25, -0.2) is 4.98 Å². The van der Waals surface area contributed by atoms with Gasteiger partial charge in [0.05, 0.1) is 13.2 Å². The van der Waals surface area contributed by atoms with Crippen LogP contribution in [0.4, 0.5) is 0 Å². The van der Waals surface area contributed by atoms with E-state index >= 15 is 0 Å². The first-order valence-corrected chi connectivity index (χ1v) is 8.23. The first-order chi connectivity index (χ1) is 11.8. The zero-order valence-electron chi connectivity index (χ0n) is 13.9. The van der Waals surface area contributed by atoms with Gasteiger partial charge in [-0.15, -0.1) is 0 Å². The molecule has 0 bridgehead atoms. The smallest absolute Gasteiger partial charge is 0.119 e. The van der Waals surface area contributed by atoms with Crippen LogP contribution in [0, 0.1) is 11.8 Å². The molecule has 24 heavy (non-hydrogen) atoms. The molecule has 1 aliphatic rings. The average molecular weight is 322 g/mol. The summed E-state index contributed by atoms with van der Waals surface area (Å²) in [5.41, 5.74) is 2.98. The van der Waals surface area contributed by atoms with E-state index in [2.05, 4.69) is 21.7 Å². The van der Waals surface area contributed by atoms with Gasteiger partial charge in [0.2, 0.25) is 0 Å². The first kappa shape index (κ1) is 16.5. The molecule has 1 atom stereocenters. The third-order valence-corrected chi connectivity index (χ3v) is 4.27. The fourth-order valence-corrected chi connectivity index (χ4v) is 2.97. The normalized spacial score (nSPS) is 17.3. The molecule has 1 aromatic carbocycles. The molecule has 124 valence electrons. The van der Waals surface area contributed by atoms with Crippen molar-refractivity contribution in [2.24, 2.45) is 0 Å². The van der Waals surface area contributed by atoms with Crippen LogP contribution in [0.5, 0.6) is 5.75 Å². The van der Waals surface area contributed by atoms with Gasteiger partial charge >= 0.3 is 0 Å². The molecular formula is C20H22N2O2. The molecule has 0 aliphatic carbocycles. The second-order valence-corrected chi connectivity index (χ2v) is 5.90. The van der Waals surface area contributed by atoms with E-state index in [1.807, 2.05) is 36.4 Å². The molecule has 1 N–H and O–H groups in total. The van der Waals surface area contributed by atoms with Crippen LogP contribution in [0.2, 0.25) is 0 Å². The van der Waals surface area contributed by atoms with Crippen molar-refractivity contribution in [1.82, 2.24) is 9.88 Å². The minimum absolute atomic E-state index is 0.461. The van der Waals surface area contributed by atoms with Crippen molar-refractivity contribution in [3.8, 4) is 17.6 Å². The van der Waals surface area contributed by atoms with Crippen molar-refractivity contribution < 1.29 is 9.84 Å². The zero-order chi connectivity index (χ0) is 16.8. The number of β-amino-alcohol motifs (C(OH)–C–C–N with tert-alkyl or cyclic N) is 1. The predicted octanol–water partition coefficient (Wildman–Crippen LogP) is 2.42. The molecule has 1 aromatic heterocycles. The molecule has 0 amide bonds. The molecule has 0 fully saturated rings. The van der Waals surface area contributed by atoms with Crippen LogP contribution in [0.1, 0.15) is 29.3 Å². The Morgan fingerprint density at radius 3 is 3.04 bits per heavy atom. The summed E-state index contributed by atoms with van der Waals surface area (Å²) in [6, 6.07) is 11.7. The Hall–Kier alpha value is -2.35. The third-order valence-electron chi connectivity index (χ3n) is 4.27. The van der Waals surface area contributed by atoms with Crippen molar-refractivity contribution in [2.45, 2.75) is 18.9 Å². The minimum atomic E-state index is -0.461. The molecule has 4 nitrogen and oxygen atoms in total. The van der Waals surface area contributed by atoms with Crippen LogP contribution in [0.15, 0.2) is 42.6 Å². The highest BCUT2D eigenvalue weighted by atomic mass is 16.5. The van der Waals surface area contributed by atoms with E-state index in [1.165, 1.54) is 5.56 Å². The highest BCUT2D eigenvalue weighted by Crippen LogP contribution is 2.27. The van der Waals surface area contributed by atoms with Gasteiger partial charge in [0, 0.05) is 32.3 Å². The zero-order valence-corrected chi connectivity index (χ0v) is 13.9. The number of methoxy groups -OCH3 is 1. The lowest BCUT2D eigenvalue weighted by atomic mass is 10.0. The van der Waals surface area contributed by atoms with Gasteiger partial charge in [-0.1, -0.05) is 18.1 Å². The van der Waals surface area contributed by atoms with E-state index in [1.54, 1.807) is 13.3 Å².